The number of carbonyl (C=O) groups is 1. The van der Waals surface area contributed by atoms with Crippen molar-refractivity contribution in [2.24, 2.45) is 22.7 Å². The van der Waals surface area contributed by atoms with Crippen molar-refractivity contribution in [1.82, 2.24) is 0 Å². The molecule has 0 amide bonds. The van der Waals surface area contributed by atoms with Gasteiger partial charge in [0.1, 0.15) is 11.6 Å². The number of ether oxygens (including phenoxy) is 1. The Hall–Kier alpha value is -1.45. The molecule has 0 saturated heterocycles. The fraction of sp³-hybridized carbons (Fsp3) is 0.696. The van der Waals surface area contributed by atoms with Crippen LogP contribution in [0.5, 0.6) is 5.75 Å². The van der Waals surface area contributed by atoms with E-state index in [1.165, 1.54) is 19.4 Å². The van der Waals surface area contributed by atoms with E-state index in [0.717, 1.165) is 50.5 Å². The Kier molecular flexibility index (Phi) is 3.93. The highest BCUT2D eigenvalue weighted by Gasteiger charge is 2.58. The summed E-state index contributed by atoms with van der Waals surface area (Å²) in [6, 6.07) is 3.11. The van der Waals surface area contributed by atoms with Crippen molar-refractivity contribution >= 4 is 5.78 Å². The summed E-state index contributed by atoms with van der Waals surface area (Å²) in [6.07, 6.45) is 8.62. The van der Waals surface area contributed by atoms with E-state index in [9.17, 15) is 13.6 Å². The molecule has 2 atom stereocenters. The third kappa shape index (κ3) is 3.00. The lowest BCUT2D eigenvalue weighted by atomic mass is 9.44. The van der Waals surface area contributed by atoms with Crippen molar-refractivity contribution in [3.63, 3.8) is 0 Å². The molecule has 0 heterocycles. The molecular weight excluding hydrogens is 346 g/mol. The van der Waals surface area contributed by atoms with Gasteiger partial charge in [-0.1, -0.05) is 0 Å². The molecule has 0 N–H and O–H groups in total. The van der Waals surface area contributed by atoms with Crippen LogP contribution in [-0.4, -0.2) is 19.1 Å². The van der Waals surface area contributed by atoms with Gasteiger partial charge in [0.25, 0.3) is 0 Å². The van der Waals surface area contributed by atoms with Crippen LogP contribution in [0, 0.1) is 28.5 Å². The van der Waals surface area contributed by atoms with E-state index >= 15 is 0 Å². The number of rotatable bonds is 6. The highest BCUT2D eigenvalue weighted by atomic mass is 19.1. The molecule has 4 bridgehead atoms. The molecule has 6 rings (SSSR count). The van der Waals surface area contributed by atoms with Gasteiger partial charge in [0.2, 0.25) is 0 Å². The number of hydrogen-bond donors (Lipinski definition) is 0. The number of hydrogen-bond acceptors (Lipinski definition) is 2. The number of Topliss-reactive ketones (excluding diaryl/α,β-unsaturated/α-hetero) is 1. The van der Waals surface area contributed by atoms with Gasteiger partial charge in [-0.25, -0.2) is 4.39 Å². The molecule has 1 aromatic rings. The maximum absolute atomic E-state index is 14.4. The summed E-state index contributed by atoms with van der Waals surface area (Å²) in [7, 11) is 0. The average molecular weight is 374 g/mol. The molecule has 146 valence electrons. The minimum atomic E-state index is -0.493. The maximum atomic E-state index is 14.4. The number of alkyl halides is 1. The highest BCUT2D eigenvalue weighted by Crippen LogP contribution is 2.65. The van der Waals surface area contributed by atoms with Gasteiger partial charge in [0.05, 0.1) is 18.8 Å². The van der Waals surface area contributed by atoms with Gasteiger partial charge in [-0.2, -0.15) is 0 Å². The normalized spacial score (nSPS) is 36.9. The first-order chi connectivity index (χ1) is 12.9. The monoisotopic (exact) mass is 374 g/mol. The summed E-state index contributed by atoms with van der Waals surface area (Å²) < 4.78 is 34.6. The van der Waals surface area contributed by atoms with E-state index in [4.69, 9.17) is 4.74 Å². The Labute approximate surface area is 159 Å². The van der Waals surface area contributed by atoms with Crippen LogP contribution in [0.15, 0.2) is 12.1 Å². The second kappa shape index (κ2) is 6.02. The predicted molar refractivity (Wildman–Crippen MR) is 99.4 cm³/mol. The smallest absolute Gasteiger partial charge is 0.162 e. The van der Waals surface area contributed by atoms with Crippen LogP contribution >= 0.6 is 0 Å². The first-order valence-corrected chi connectivity index (χ1v) is 10.4. The highest BCUT2D eigenvalue weighted by molar-refractivity contribution is 5.94. The van der Waals surface area contributed by atoms with Gasteiger partial charge >= 0.3 is 0 Å². The summed E-state index contributed by atoms with van der Waals surface area (Å²) in [5, 5.41) is 0. The fourth-order valence-corrected chi connectivity index (χ4v) is 6.89. The number of ketones is 1. The van der Waals surface area contributed by atoms with Crippen molar-refractivity contribution in [2.75, 3.05) is 13.3 Å². The lowest BCUT2D eigenvalue weighted by Gasteiger charge is -2.61. The zero-order chi connectivity index (χ0) is 18.8. The minimum absolute atomic E-state index is 0.0483. The maximum Gasteiger partial charge on any atom is 0.162 e. The van der Waals surface area contributed by atoms with Crippen molar-refractivity contribution in [2.45, 2.75) is 64.2 Å². The third-order valence-electron chi connectivity index (χ3n) is 7.62. The summed E-state index contributed by atoms with van der Waals surface area (Å²) in [4.78, 5) is 11.7. The zero-order valence-electron chi connectivity index (χ0n) is 16.0. The van der Waals surface area contributed by atoms with Crippen LogP contribution < -0.4 is 4.74 Å². The summed E-state index contributed by atoms with van der Waals surface area (Å²) >= 11 is 0. The largest absolute Gasteiger partial charge is 0.493 e. The zero-order valence-corrected chi connectivity index (χ0v) is 16.0. The van der Waals surface area contributed by atoms with Gasteiger partial charge in [0, 0.05) is 11.5 Å². The van der Waals surface area contributed by atoms with Gasteiger partial charge in [0.15, 0.2) is 5.78 Å². The van der Waals surface area contributed by atoms with Crippen LogP contribution in [0.4, 0.5) is 8.78 Å². The molecule has 2 nitrogen and oxygen atoms in total. The molecule has 0 spiro atoms. The van der Waals surface area contributed by atoms with Crippen molar-refractivity contribution in [1.29, 1.82) is 0 Å². The van der Waals surface area contributed by atoms with E-state index in [1.807, 2.05) is 0 Å². The molecule has 0 aromatic heterocycles. The molecule has 4 heteroatoms. The van der Waals surface area contributed by atoms with Crippen molar-refractivity contribution in [3.05, 3.63) is 29.1 Å². The molecular formula is C23H28F2O2. The van der Waals surface area contributed by atoms with Crippen molar-refractivity contribution < 1.29 is 18.3 Å². The minimum Gasteiger partial charge on any atom is -0.493 e. The lowest BCUT2D eigenvalue weighted by molar-refractivity contribution is -0.132. The molecule has 0 radical (unpaired) electrons. The second-order valence-corrected chi connectivity index (χ2v) is 10.1. The van der Waals surface area contributed by atoms with E-state index in [0.29, 0.717) is 30.1 Å². The number of carbonyl (C=O) groups excluding carboxylic acids is 1. The Morgan fingerprint density at radius 1 is 1.15 bits per heavy atom. The fourth-order valence-electron chi connectivity index (χ4n) is 6.89. The third-order valence-corrected chi connectivity index (χ3v) is 7.62. The second-order valence-electron chi connectivity index (χ2n) is 10.1. The Balaban J connectivity index is 1.40. The summed E-state index contributed by atoms with van der Waals surface area (Å²) in [5.74, 6) is 1.51. The van der Waals surface area contributed by atoms with Crippen LogP contribution in [0.3, 0.4) is 0 Å². The summed E-state index contributed by atoms with van der Waals surface area (Å²) in [5.41, 5.74) is 1.06. The average Bonchev–Trinajstić information content (AvgIpc) is 3.43. The van der Waals surface area contributed by atoms with Crippen molar-refractivity contribution in [3.8, 4) is 5.75 Å². The molecule has 5 saturated carbocycles. The Morgan fingerprint density at radius 2 is 1.81 bits per heavy atom. The van der Waals surface area contributed by atoms with Gasteiger partial charge in [-0.3, -0.25) is 9.18 Å². The van der Waals surface area contributed by atoms with E-state index < -0.39 is 5.82 Å². The van der Waals surface area contributed by atoms with Gasteiger partial charge in [-0.15, -0.1) is 0 Å². The lowest BCUT2D eigenvalue weighted by Crippen LogP contribution is -2.54. The first-order valence-electron chi connectivity index (χ1n) is 10.4. The van der Waals surface area contributed by atoms with Crippen LogP contribution in [0.1, 0.15) is 80.1 Å². The molecule has 5 aliphatic rings. The first kappa shape index (κ1) is 17.6. The van der Waals surface area contributed by atoms with E-state index in [1.54, 1.807) is 6.07 Å². The SMILES string of the molecule is CC(=O)c1cc(C2CC2)c(OCC23CC4CC(CC(CF)(C4)C2)C3)cc1F. The van der Waals surface area contributed by atoms with E-state index in [2.05, 4.69) is 0 Å². The number of benzene rings is 1. The van der Waals surface area contributed by atoms with Crippen LogP contribution in [0.25, 0.3) is 0 Å². The number of halogens is 2. The van der Waals surface area contributed by atoms with E-state index in [-0.39, 0.29) is 28.9 Å². The Morgan fingerprint density at radius 3 is 2.41 bits per heavy atom. The molecule has 27 heavy (non-hydrogen) atoms. The molecule has 5 fully saturated rings. The molecule has 5 aliphatic carbocycles. The van der Waals surface area contributed by atoms with Gasteiger partial charge < -0.3 is 4.74 Å². The van der Waals surface area contributed by atoms with Gasteiger partial charge in [-0.05, 0) is 93.1 Å². The molecule has 2 unspecified atom stereocenters. The van der Waals surface area contributed by atoms with Crippen LogP contribution in [-0.2, 0) is 0 Å². The topological polar surface area (TPSA) is 26.3 Å². The molecule has 1 aromatic carbocycles. The predicted octanol–water partition coefficient (Wildman–Crippen LogP) is 5.84. The quantitative estimate of drug-likeness (QED) is 0.585. The van der Waals surface area contributed by atoms with Crippen LogP contribution in [0.2, 0.25) is 0 Å². The molecule has 0 aliphatic heterocycles. The Bertz CT molecular complexity index is 769. The standard InChI is InChI=1S/C23H28F2O2/c1-14(26)18-5-19(17-2-3-17)21(6-20(18)25)27-13-23-9-15-4-16(10-23)8-22(7-15,11-23)12-24/h5-6,15-17H,2-4,7-13H2,1H3. The summed E-state index contributed by atoms with van der Waals surface area (Å²) in [6.45, 7) is 1.75.